The van der Waals surface area contributed by atoms with Crippen LogP contribution in [0, 0.1) is 0 Å². The highest BCUT2D eigenvalue weighted by molar-refractivity contribution is 7.87. The van der Waals surface area contributed by atoms with Crippen molar-refractivity contribution >= 4 is 38.0 Å². The summed E-state index contributed by atoms with van der Waals surface area (Å²) in [4.78, 5) is 45.1. The van der Waals surface area contributed by atoms with Gasteiger partial charge in [0, 0.05) is 67.8 Å². The zero-order valence-electron chi connectivity index (χ0n) is 48.1. The van der Waals surface area contributed by atoms with Crippen molar-refractivity contribution in [3.63, 3.8) is 0 Å². The third kappa shape index (κ3) is 14.2. The van der Waals surface area contributed by atoms with E-state index >= 15 is 0 Å². The third-order valence-corrected chi connectivity index (χ3v) is 19.0. The maximum absolute atomic E-state index is 14.6. The number of aliphatic hydroxyl groups excluding tert-OH is 2. The van der Waals surface area contributed by atoms with E-state index in [1.54, 1.807) is 13.8 Å². The van der Waals surface area contributed by atoms with Crippen LogP contribution in [-0.2, 0) is 60.4 Å². The first-order valence-corrected chi connectivity index (χ1v) is 31.3. The second-order valence-corrected chi connectivity index (χ2v) is 26.7. The largest absolute Gasteiger partial charge is 0.484 e. The van der Waals surface area contributed by atoms with Gasteiger partial charge in [0.05, 0.1) is 49.6 Å². The molecule has 6 heterocycles. The molecule has 2 amide bonds. The van der Waals surface area contributed by atoms with Crippen molar-refractivity contribution in [2.24, 2.45) is 0 Å². The molecule has 5 N–H and O–H groups in total. The maximum atomic E-state index is 14.6. The normalized spacial score (nSPS) is 25.2. The average molecular weight is 1170 g/mol. The van der Waals surface area contributed by atoms with Crippen LogP contribution in [0.25, 0.3) is 0 Å². The summed E-state index contributed by atoms with van der Waals surface area (Å²) in [5.41, 5.74) is 1.26. The highest BCUT2D eigenvalue weighted by atomic mass is 32.2. The van der Waals surface area contributed by atoms with E-state index < -0.39 is 78.3 Å². The van der Waals surface area contributed by atoms with Crippen LogP contribution >= 0.6 is 0 Å². The third-order valence-electron chi connectivity index (χ3n) is 16.3. The van der Waals surface area contributed by atoms with Crippen LogP contribution < -0.4 is 28.5 Å². The number of carboxylic acid groups (broad SMARTS) is 1. The number of allylic oxidation sites excluding steroid dienone is 8. The van der Waals surface area contributed by atoms with Gasteiger partial charge < -0.3 is 63.1 Å². The van der Waals surface area contributed by atoms with Gasteiger partial charge in [0.15, 0.2) is 11.5 Å². The van der Waals surface area contributed by atoms with Gasteiger partial charge in [-0.05, 0) is 132 Å². The summed E-state index contributed by atoms with van der Waals surface area (Å²) in [6.45, 7) is 16.8. The smallest absolute Gasteiger partial charge is 0.338 e. The SMILES string of the molecule is CC(C)=CCC/C(C)=C/CC[C@@]1(C)Oc2c(c(OS(=O)(=O)C3CNCCO3)cc3c2CN(CCCC(C(=O)O)N2Cc4c(cc(OS(=O)(=O)C5CNCCO5)c5c4O[C@](C)(CC/C=C(\C)CCC=C(C)C)[C@@H](O)C5)C2=O)C3=O)C[C@@H]1O. The number of aliphatic carboxylic acids is 1. The van der Waals surface area contributed by atoms with Gasteiger partial charge >= 0.3 is 26.2 Å². The van der Waals surface area contributed by atoms with Crippen molar-refractivity contribution in [3.8, 4) is 23.0 Å². The van der Waals surface area contributed by atoms with Crippen molar-refractivity contribution in [3.05, 3.63) is 92.1 Å². The Bertz CT molecular complexity index is 3060. The Labute approximate surface area is 477 Å². The first-order chi connectivity index (χ1) is 38.3. The number of amides is 2. The standard InChI is InChI=1S/C59H82N4O16S2/c1-36(2)14-9-16-38(5)18-11-21-58(7)49(64)30-42-47(78-80(70,71)51-32-60-23-26-74-51)28-40-44(53(42)76-58)34-62(55(40)66)25-13-20-46(57(68)69)63-35-45-41(56(63)67)29-48(79-81(72,73)52-33-61-24-27-75-52)43-31-50(65)59(8,77-54(43)45)22-12-19-39(6)17-10-15-37(3)4/h14-15,18-19,28-29,46,49-52,60-61,64-65H,9-13,16-17,20-27,30-35H2,1-8H3,(H,68,69)/b38-18+,39-19+/t46?,49-,50-,51?,52?,58+,59+/m0/s1. The van der Waals surface area contributed by atoms with Gasteiger partial charge in [0.2, 0.25) is 10.9 Å². The molecule has 0 bridgehead atoms. The second-order valence-electron chi connectivity index (χ2n) is 23.3. The molecule has 22 heteroatoms. The zero-order chi connectivity index (χ0) is 58.6. The quantitative estimate of drug-likeness (QED) is 0.0529. The maximum Gasteiger partial charge on any atom is 0.338 e. The molecule has 2 aromatic carbocycles. The fourth-order valence-corrected chi connectivity index (χ4v) is 13.5. The lowest BCUT2D eigenvalue weighted by Crippen LogP contribution is -2.49. The molecular weight excluding hydrogens is 1080 g/mol. The lowest BCUT2D eigenvalue weighted by atomic mass is 9.84. The summed E-state index contributed by atoms with van der Waals surface area (Å²) in [7, 11) is -8.88. The number of fused-ring (bicyclic) bond motifs is 6. The van der Waals surface area contributed by atoms with Gasteiger partial charge in [0.1, 0.15) is 28.7 Å². The molecule has 2 saturated heterocycles. The molecule has 81 heavy (non-hydrogen) atoms. The number of nitrogens with zero attached hydrogens (tertiary/aromatic N) is 2. The molecule has 3 unspecified atom stereocenters. The van der Waals surface area contributed by atoms with E-state index in [1.807, 2.05) is 6.92 Å². The van der Waals surface area contributed by atoms with E-state index in [2.05, 4.69) is 69.6 Å². The van der Waals surface area contributed by atoms with Crippen LogP contribution in [0.1, 0.15) is 163 Å². The average Bonchev–Trinajstić information content (AvgIpc) is 2.94. The van der Waals surface area contributed by atoms with Crippen molar-refractivity contribution < 1.29 is 73.9 Å². The van der Waals surface area contributed by atoms with Gasteiger partial charge in [-0.15, -0.1) is 0 Å². The minimum atomic E-state index is -4.47. The molecule has 446 valence electrons. The van der Waals surface area contributed by atoms with Gasteiger partial charge in [-0.2, -0.15) is 16.8 Å². The summed E-state index contributed by atoms with van der Waals surface area (Å²) < 4.78 is 90.9. The number of morpholine rings is 2. The molecule has 0 aliphatic carbocycles. The monoisotopic (exact) mass is 1170 g/mol. The number of hydrogen-bond acceptors (Lipinski definition) is 17. The Morgan fingerprint density at radius 3 is 1.58 bits per heavy atom. The van der Waals surface area contributed by atoms with Crippen molar-refractivity contribution in [1.29, 1.82) is 0 Å². The van der Waals surface area contributed by atoms with Crippen LogP contribution in [0.4, 0.5) is 0 Å². The highest BCUT2D eigenvalue weighted by Gasteiger charge is 2.49. The minimum Gasteiger partial charge on any atom is -0.484 e. The van der Waals surface area contributed by atoms with Gasteiger partial charge in [-0.1, -0.05) is 46.6 Å². The van der Waals surface area contributed by atoms with Crippen LogP contribution in [0.15, 0.2) is 58.7 Å². The van der Waals surface area contributed by atoms with E-state index in [0.717, 1.165) is 25.7 Å². The Kier molecular flexibility index (Phi) is 19.6. The van der Waals surface area contributed by atoms with Gasteiger partial charge in [-0.25, -0.2) is 4.79 Å². The molecule has 2 aromatic rings. The molecule has 2 fully saturated rings. The first kappa shape index (κ1) is 61.7. The summed E-state index contributed by atoms with van der Waals surface area (Å²) in [6.07, 6.45) is 11.7. The number of benzene rings is 2. The Morgan fingerprint density at radius 2 is 1.15 bits per heavy atom. The van der Waals surface area contributed by atoms with E-state index in [9.17, 15) is 46.5 Å². The molecule has 6 aliphatic rings. The van der Waals surface area contributed by atoms with E-state index in [0.29, 0.717) is 49.9 Å². The predicted octanol–water partition coefficient (Wildman–Crippen LogP) is 6.90. The van der Waals surface area contributed by atoms with E-state index in [-0.39, 0.29) is 117 Å². The number of rotatable bonds is 24. The van der Waals surface area contributed by atoms with E-state index in [1.165, 1.54) is 44.2 Å². The lowest BCUT2D eigenvalue weighted by Gasteiger charge is -2.41. The van der Waals surface area contributed by atoms with Crippen molar-refractivity contribution in [2.45, 2.75) is 186 Å². The van der Waals surface area contributed by atoms with E-state index in [4.69, 9.17) is 27.3 Å². The number of carboxylic acids is 1. The minimum absolute atomic E-state index is 0.00863. The Morgan fingerprint density at radius 1 is 0.691 bits per heavy atom. The van der Waals surface area contributed by atoms with Crippen LogP contribution in [-0.4, -0.2) is 146 Å². The molecule has 20 nitrogen and oxygen atoms in total. The molecule has 0 saturated carbocycles. The van der Waals surface area contributed by atoms with Crippen LogP contribution in [0.2, 0.25) is 0 Å². The van der Waals surface area contributed by atoms with Gasteiger partial charge in [0.25, 0.3) is 11.8 Å². The molecule has 0 spiro atoms. The number of ether oxygens (including phenoxy) is 4. The Balaban J connectivity index is 1.03. The van der Waals surface area contributed by atoms with Crippen LogP contribution in [0.5, 0.6) is 23.0 Å². The fourth-order valence-electron chi connectivity index (χ4n) is 11.3. The molecule has 0 aromatic heterocycles. The summed E-state index contributed by atoms with van der Waals surface area (Å²) in [5, 5.41) is 40.3. The topological polar surface area (TPSA) is 266 Å². The summed E-state index contributed by atoms with van der Waals surface area (Å²) in [5.74, 6) is -2.49. The van der Waals surface area contributed by atoms with Crippen LogP contribution in [0.3, 0.4) is 0 Å². The number of hydrogen-bond donors (Lipinski definition) is 5. The molecular formula is C59H82N4O16S2. The van der Waals surface area contributed by atoms with Gasteiger partial charge in [-0.3, -0.25) is 9.59 Å². The molecule has 0 radical (unpaired) electrons. The second kappa shape index (κ2) is 25.7. The lowest BCUT2D eigenvalue weighted by molar-refractivity contribution is -0.142. The number of carbonyl (C=O) groups excluding carboxylic acids is 2. The number of aliphatic hydroxyl groups is 2. The number of nitrogens with one attached hydrogen (secondary N) is 2. The first-order valence-electron chi connectivity index (χ1n) is 28.3. The highest BCUT2D eigenvalue weighted by Crippen LogP contribution is 2.50. The van der Waals surface area contributed by atoms with Crippen molar-refractivity contribution in [2.75, 3.05) is 45.9 Å². The zero-order valence-corrected chi connectivity index (χ0v) is 49.7. The molecule has 6 aliphatic heterocycles. The summed E-state index contributed by atoms with van der Waals surface area (Å²) >= 11 is 0. The predicted molar refractivity (Wildman–Crippen MR) is 303 cm³/mol. The van der Waals surface area contributed by atoms with Crippen molar-refractivity contribution in [1.82, 2.24) is 20.4 Å². The fraction of sp³-hybridized carbons (Fsp3) is 0.610. The molecule has 8 rings (SSSR count). The number of carbonyl (C=O) groups is 3. The summed E-state index contributed by atoms with van der Waals surface area (Å²) in [6, 6.07) is 1.22. The Hall–Kier alpha value is -5.33. The molecule has 7 atom stereocenters.